The number of anilines is 1. The van der Waals surface area contributed by atoms with Crippen LogP contribution >= 0.6 is 12.2 Å². The summed E-state index contributed by atoms with van der Waals surface area (Å²) in [7, 11) is 0. The van der Waals surface area contributed by atoms with Crippen LogP contribution in [0.25, 0.3) is 0 Å². The van der Waals surface area contributed by atoms with E-state index in [4.69, 9.17) is 22.7 Å². The molecule has 1 aromatic rings. The average Bonchev–Trinajstić information content (AvgIpc) is 2.34. The molecule has 1 aromatic heterocycles. The van der Waals surface area contributed by atoms with Gasteiger partial charge in [0.1, 0.15) is 16.5 Å². The lowest BCUT2D eigenvalue weighted by atomic mass is 9.89. The minimum absolute atomic E-state index is 0.0133. The molecule has 3 N–H and O–H groups in total. The maximum Gasteiger partial charge on any atom is 0.433 e. The average molecular weight is 319 g/mol. The first-order valence-electron chi connectivity index (χ1n) is 6.57. The van der Waals surface area contributed by atoms with E-state index < -0.39 is 11.9 Å². The molecule has 0 amide bonds. The zero-order chi connectivity index (χ0) is 15.6. The molecule has 116 valence electrons. The minimum Gasteiger partial charge on any atom is -0.389 e. The van der Waals surface area contributed by atoms with Crippen LogP contribution in [0.2, 0.25) is 0 Å². The minimum atomic E-state index is -4.50. The quantitative estimate of drug-likeness (QED) is 0.817. The highest BCUT2D eigenvalue weighted by Crippen LogP contribution is 2.31. The maximum absolute atomic E-state index is 12.7. The molecule has 4 nitrogen and oxygen atoms in total. The molecule has 0 aliphatic heterocycles. The standard InChI is InChI=1S/C13H16F3N3OS/c1-2-20-8-5-7(6-8)18-12-9(11(17)21)3-4-10(19-12)13(14,15)16/h3-4,7-8H,2,5-6H2,1H3,(H2,17,21)(H,18,19). The van der Waals surface area contributed by atoms with Crippen molar-refractivity contribution >= 4 is 23.0 Å². The Balaban J connectivity index is 2.14. The summed E-state index contributed by atoms with van der Waals surface area (Å²) < 4.78 is 43.6. The molecule has 2 rings (SSSR count). The van der Waals surface area contributed by atoms with E-state index in [1.807, 2.05) is 6.92 Å². The molecule has 0 atom stereocenters. The van der Waals surface area contributed by atoms with Crippen molar-refractivity contribution in [3.05, 3.63) is 23.4 Å². The Morgan fingerprint density at radius 1 is 1.48 bits per heavy atom. The molecule has 0 bridgehead atoms. The van der Waals surface area contributed by atoms with Gasteiger partial charge in [-0.1, -0.05) is 12.2 Å². The predicted octanol–water partition coefficient (Wildman–Crippen LogP) is 2.71. The highest BCUT2D eigenvalue weighted by Gasteiger charge is 2.34. The Kier molecular flexibility index (Phi) is 4.67. The SMILES string of the molecule is CCOC1CC(Nc2nc(C(F)(F)F)ccc2C(N)=S)C1. The number of nitrogens with one attached hydrogen (secondary N) is 1. The summed E-state index contributed by atoms with van der Waals surface area (Å²) in [4.78, 5) is 3.63. The Morgan fingerprint density at radius 2 is 2.14 bits per heavy atom. The first-order valence-corrected chi connectivity index (χ1v) is 6.98. The Hall–Kier alpha value is -1.41. The second-order valence-electron chi connectivity index (χ2n) is 4.84. The number of aromatic nitrogens is 1. The fraction of sp³-hybridized carbons (Fsp3) is 0.538. The van der Waals surface area contributed by atoms with Crippen LogP contribution in [-0.4, -0.2) is 28.7 Å². The number of alkyl halides is 3. The highest BCUT2D eigenvalue weighted by atomic mass is 32.1. The summed E-state index contributed by atoms with van der Waals surface area (Å²) in [5.41, 5.74) is 4.88. The van der Waals surface area contributed by atoms with Crippen LogP contribution in [0.4, 0.5) is 19.0 Å². The van der Waals surface area contributed by atoms with Crippen LogP contribution in [0.3, 0.4) is 0 Å². The number of rotatable bonds is 5. The lowest BCUT2D eigenvalue weighted by Crippen LogP contribution is -2.41. The summed E-state index contributed by atoms with van der Waals surface area (Å²) in [5.74, 6) is 0.0808. The summed E-state index contributed by atoms with van der Waals surface area (Å²) >= 11 is 4.85. The molecule has 1 heterocycles. The normalized spacial score (nSPS) is 21.7. The fourth-order valence-electron chi connectivity index (χ4n) is 2.17. The number of halogens is 3. The third-order valence-corrected chi connectivity index (χ3v) is 3.51. The highest BCUT2D eigenvalue weighted by molar-refractivity contribution is 7.80. The third-order valence-electron chi connectivity index (χ3n) is 3.29. The van der Waals surface area contributed by atoms with Crippen molar-refractivity contribution in [2.75, 3.05) is 11.9 Å². The lowest BCUT2D eigenvalue weighted by Gasteiger charge is -2.36. The van der Waals surface area contributed by atoms with Crippen LogP contribution in [0.5, 0.6) is 0 Å². The van der Waals surface area contributed by atoms with Crippen molar-refractivity contribution in [1.29, 1.82) is 0 Å². The number of nitrogens with zero attached hydrogens (tertiary/aromatic N) is 1. The summed E-state index contributed by atoms with van der Waals surface area (Å²) in [6, 6.07) is 2.15. The molecule has 8 heteroatoms. The molecule has 0 spiro atoms. The van der Waals surface area contributed by atoms with Gasteiger partial charge in [-0.2, -0.15) is 13.2 Å². The van der Waals surface area contributed by atoms with Crippen molar-refractivity contribution in [2.24, 2.45) is 5.73 Å². The third kappa shape index (κ3) is 3.82. The van der Waals surface area contributed by atoms with Crippen LogP contribution in [-0.2, 0) is 10.9 Å². The zero-order valence-corrected chi connectivity index (χ0v) is 12.2. The van der Waals surface area contributed by atoms with E-state index in [2.05, 4.69) is 10.3 Å². The van der Waals surface area contributed by atoms with Crippen LogP contribution < -0.4 is 11.1 Å². The van der Waals surface area contributed by atoms with E-state index in [1.54, 1.807) is 0 Å². The van der Waals surface area contributed by atoms with E-state index >= 15 is 0 Å². The molecule has 1 fully saturated rings. The van der Waals surface area contributed by atoms with Gasteiger partial charge in [0, 0.05) is 12.6 Å². The summed E-state index contributed by atoms with van der Waals surface area (Å²) in [6.07, 6.45) is -2.91. The van der Waals surface area contributed by atoms with Crippen molar-refractivity contribution in [1.82, 2.24) is 4.98 Å². The van der Waals surface area contributed by atoms with Gasteiger partial charge in [0.25, 0.3) is 0 Å². The topological polar surface area (TPSA) is 60.2 Å². The second-order valence-corrected chi connectivity index (χ2v) is 5.28. The zero-order valence-electron chi connectivity index (χ0n) is 11.4. The van der Waals surface area contributed by atoms with Gasteiger partial charge >= 0.3 is 6.18 Å². The fourth-order valence-corrected chi connectivity index (χ4v) is 2.34. The maximum atomic E-state index is 12.7. The van der Waals surface area contributed by atoms with Crippen LogP contribution in [0, 0.1) is 0 Å². The molecule has 1 saturated carbocycles. The number of ether oxygens (including phenoxy) is 1. The lowest BCUT2D eigenvalue weighted by molar-refractivity contribution is -0.141. The van der Waals surface area contributed by atoms with E-state index in [-0.39, 0.29) is 23.0 Å². The Bertz CT molecular complexity index is 530. The van der Waals surface area contributed by atoms with Crippen molar-refractivity contribution in [3.8, 4) is 0 Å². The van der Waals surface area contributed by atoms with Gasteiger partial charge in [-0.3, -0.25) is 0 Å². The van der Waals surface area contributed by atoms with E-state index in [1.165, 1.54) is 6.07 Å². The number of hydrogen-bond acceptors (Lipinski definition) is 4. The summed E-state index contributed by atoms with van der Waals surface area (Å²) in [6.45, 7) is 2.53. The second kappa shape index (κ2) is 6.15. The van der Waals surface area contributed by atoms with Gasteiger partial charge in [0.15, 0.2) is 0 Å². The van der Waals surface area contributed by atoms with E-state index in [0.29, 0.717) is 12.2 Å². The molecule has 0 saturated heterocycles. The first kappa shape index (κ1) is 16.0. The number of nitrogens with two attached hydrogens (primary N) is 1. The number of thiocarbonyl (C=S) groups is 1. The van der Waals surface area contributed by atoms with E-state index in [9.17, 15) is 13.2 Å². The molecule has 21 heavy (non-hydrogen) atoms. The molecular weight excluding hydrogens is 303 g/mol. The monoisotopic (exact) mass is 319 g/mol. The Morgan fingerprint density at radius 3 is 2.67 bits per heavy atom. The van der Waals surface area contributed by atoms with Crippen molar-refractivity contribution in [3.63, 3.8) is 0 Å². The summed E-state index contributed by atoms with van der Waals surface area (Å²) in [5, 5.41) is 2.97. The predicted molar refractivity (Wildman–Crippen MR) is 77.2 cm³/mol. The smallest absolute Gasteiger partial charge is 0.389 e. The van der Waals surface area contributed by atoms with Crippen molar-refractivity contribution in [2.45, 2.75) is 38.1 Å². The molecule has 0 unspecified atom stereocenters. The molecule has 0 radical (unpaired) electrons. The number of hydrogen-bond donors (Lipinski definition) is 2. The van der Waals surface area contributed by atoms with Crippen LogP contribution in [0.1, 0.15) is 31.0 Å². The molecular formula is C13H16F3N3OS. The van der Waals surface area contributed by atoms with Gasteiger partial charge in [-0.05, 0) is 31.9 Å². The largest absolute Gasteiger partial charge is 0.433 e. The van der Waals surface area contributed by atoms with Crippen LogP contribution in [0.15, 0.2) is 12.1 Å². The van der Waals surface area contributed by atoms with Gasteiger partial charge < -0.3 is 15.8 Å². The first-order chi connectivity index (χ1) is 9.81. The van der Waals surface area contributed by atoms with E-state index in [0.717, 1.165) is 18.9 Å². The van der Waals surface area contributed by atoms with Gasteiger partial charge in [-0.15, -0.1) is 0 Å². The molecule has 1 aliphatic rings. The molecule has 1 aliphatic carbocycles. The molecule has 0 aromatic carbocycles. The number of pyridine rings is 1. The van der Waals surface area contributed by atoms with Gasteiger partial charge in [0.2, 0.25) is 0 Å². The van der Waals surface area contributed by atoms with Gasteiger partial charge in [-0.25, -0.2) is 4.98 Å². The van der Waals surface area contributed by atoms with Crippen molar-refractivity contribution < 1.29 is 17.9 Å². The Labute approximate surface area is 125 Å². The van der Waals surface area contributed by atoms with Gasteiger partial charge in [0.05, 0.1) is 11.7 Å².